The maximum atomic E-state index is 11.9. The zero-order valence-electron chi connectivity index (χ0n) is 14.5. The predicted molar refractivity (Wildman–Crippen MR) is 108 cm³/mol. The fourth-order valence-electron chi connectivity index (χ4n) is 2.02. The molecule has 0 atom stereocenters. The molecule has 8 nitrogen and oxygen atoms in total. The number of non-ortho nitro benzene ring substituents is 1. The molecule has 0 aliphatic carbocycles. The van der Waals surface area contributed by atoms with Gasteiger partial charge in [0.1, 0.15) is 0 Å². The standard InChI is InChI=1S/C16H17ClN4O4S2/c1-3-16(20-19-11-4-6-12(7-5-11)21(22)23)26-14-9-13(17)10(2)8-15(14)27(18,24)25/h4-9,19H,3H2,1-2H3,(H2,18,24,25)/b20-16-. The number of primary sulfonamides is 1. The molecule has 0 spiro atoms. The van der Waals surface area contributed by atoms with Crippen molar-refractivity contribution in [2.45, 2.75) is 30.1 Å². The van der Waals surface area contributed by atoms with Gasteiger partial charge >= 0.3 is 0 Å². The molecular formula is C16H17ClN4O4S2. The topological polar surface area (TPSA) is 128 Å². The lowest BCUT2D eigenvalue weighted by atomic mass is 10.2. The van der Waals surface area contributed by atoms with E-state index >= 15 is 0 Å². The average molecular weight is 429 g/mol. The molecule has 0 heterocycles. The Hall–Kier alpha value is -2.14. The quantitative estimate of drug-likeness (QED) is 0.234. The van der Waals surface area contributed by atoms with E-state index < -0.39 is 14.9 Å². The number of nitrogens with zero attached hydrogens (tertiary/aromatic N) is 2. The summed E-state index contributed by atoms with van der Waals surface area (Å²) in [5, 5.41) is 21.2. The van der Waals surface area contributed by atoms with E-state index in [9.17, 15) is 18.5 Å². The minimum Gasteiger partial charge on any atom is -0.278 e. The van der Waals surface area contributed by atoms with Crippen molar-refractivity contribution in [1.29, 1.82) is 0 Å². The summed E-state index contributed by atoms with van der Waals surface area (Å²) in [6.07, 6.45) is 0.514. The molecule has 0 amide bonds. The largest absolute Gasteiger partial charge is 0.278 e. The van der Waals surface area contributed by atoms with Crippen molar-refractivity contribution in [1.82, 2.24) is 0 Å². The Morgan fingerprint density at radius 3 is 2.48 bits per heavy atom. The monoisotopic (exact) mass is 428 g/mol. The average Bonchev–Trinajstić information content (AvgIpc) is 2.60. The highest BCUT2D eigenvalue weighted by Crippen LogP contribution is 2.33. The highest BCUT2D eigenvalue weighted by Gasteiger charge is 2.18. The van der Waals surface area contributed by atoms with E-state index in [1.54, 1.807) is 13.0 Å². The van der Waals surface area contributed by atoms with Crippen molar-refractivity contribution in [3.05, 3.63) is 57.1 Å². The van der Waals surface area contributed by atoms with E-state index in [0.717, 1.165) is 11.8 Å². The second-order valence-corrected chi connectivity index (χ2v) is 8.52. The molecule has 3 N–H and O–H groups in total. The smallest absolute Gasteiger partial charge is 0.269 e. The van der Waals surface area contributed by atoms with Crippen molar-refractivity contribution in [2.75, 3.05) is 5.43 Å². The normalized spacial score (nSPS) is 12.1. The molecule has 0 bridgehead atoms. The van der Waals surface area contributed by atoms with Gasteiger partial charge in [-0.3, -0.25) is 15.5 Å². The van der Waals surface area contributed by atoms with Crippen LogP contribution in [0.15, 0.2) is 51.3 Å². The Balaban J connectivity index is 2.27. The van der Waals surface area contributed by atoms with E-state index in [1.165, 1.54) is 30.3 Å². The highest BCUT2D eigenvalue weighted by molar-refractivity contribution is 8.14. The van der Waals surface area contributed by atoms with E-state index in [0.29, 0.717) is 32.6 Å². The molecule has 0 aliphatic rings. The van der Waals surface area contributed by atoms with Crippen LogP contribution in [0.5, 0.6) is 0 Å². The first-order chi connectivity index (χ1) is 12.6. The number of nitrogens with one attached hydrogen (secondary N) is 1. The number of nitro benzene ring substituents is 1. The van der Waals surface area contributed by atoms with E-state index in [-0.39, 0.29) is 10.6 Å². The van der Waals surface area contributed by atoms with Crippen LogP contribution in [-0.4, -0.2) is 18.4 Å². The minimum atomic E-state index is -3.93. The Morgan fingerprint density at radius 1 is 1.33 bits per heavy atom. The summed E-state index contributed by atoms with van der Waals surface area (Å²) in [5.41, 5.74) is 3.93. The molecule has 2 aromatic carbocycles. The van der Waals surface area contributed by atoms with Gasteiger partial charge in [0.25, 0.3) is 5.69 Å². The van der Waals surface area contributed by atoms with Crippen molar-refractivity contribution in [3.63, 3.8) is 0 Å². The van der Waals surface area contributed by atoms with E-state index in [1.807, 2.05) is 6.92 Å². The van der Waals surface area contributed by atoms with Gasteiger partial charge in [-0.2, -0.15) is 5.10 Å². The van der Waals surface area contributed by atoms with E-state index in [2.05, 4.69) is 10.5 Å². The number of aryl methyl sites for hydroxylation is 1. The fourth-order valence-corrected chi connectivity index (χ4v) is 4.23. The van der Waals surface area contributed by atoms with Crippen LogP contribution in [-0.2, 0) is 10.0 Å². The Labute approximate surface area is 166 Å². The number of benzene rings is 2. The minimum absolute atomic E-state index is 0.0223. The van der Waals surface area contributed by atoms with Gasteiger partial charge in [0, 0.05) is 22.1 Å². The van der Waals surface area contributed by atoms with Crippen LogP contribution in [0, 0.1) is 17.0 Å². The lowest BCUT2D eigenvalue weighted by Crippen LogP contribution is -2.14. The molecule has 2 rings (SSSR count). The number of nitro groups is 1. The van der Waals surface area contributed by atoms with E-state index in [4.69, 9.17) is 16.7 Å². The first-order valence-corrected chi connectivity index (χ1v) is 10.4. The van der Waals surface area contributed by atoms with Crippen LogP contribution >= 0.6 is 23.4 Å². The van der Waals surface area contributed by atoms with Gasteiger partial charge in [-0.05, 0) is 43.2 Å². The summed E-state index contributed by atoms with van der Waals surface area (Å²) in [4.78, 5) is 10.5. The second kappa shape index (κ2) is 8.70. The molecular weight excluding hydrogens is 412 g/mol. The molecule has 0 saturated carbocycles. The summed E-state index contributed by atoms with van der Waals surface area (Å²) >= 11 is 7.24. The van der Waals surface area contributed by atoms with Gasteiger partial charge < -0.3 is 0 Å². The van der Waals surface area contributed by atoms with Crippen LogP contribution < -0.4 is 10.6 Å². The third-order valence-electron chi connectivity index (χ3n) is 3.45. The van der Waals surface area contributed by atoms with Crippen LogP contribution in [0.1, 0.15) is 18.9 Å². The van der Waals surface area contributed by atoms with Crippen LogP contribution in [0.25, 0.3) is 0 Å². The van der Waals surface area contributed by atoms with Crippen LogP contribution in [0.2, 0.25) is 5.02 Å². The third kappa shape index (κ3) is 5.67. The van der Waals surface area contributed by atoms with Crippen LogP contribution in [0.3, 0.4) is 0 Å². The lowest BCUT2D eigenvalue weighted by Gasteiger charge is -2.11. The Morgan fingerprint density at radius 2 is 1.96 bits per heavy atom. The highest BCUT2D eigenvalue weighted by atomic mass is 35.5. The number of nitrogens with two attached hydrogens (primary N) is 1. The predicted octanol–water partition coefficient (Wildman–Crippen LogP) is 4.13. The van der Waals surface area contributed by atoms with Gasteiger partial charge in [0.05, 0.1) is 20.5 Å². The van der Waals surface area contributed by atoms with Crippen molar-refractivity contribution >= 4 is 49.8 Å². The number of thioether (sulfide) groups is 1. The Kier molecular flexibility index (Phi) is 6.82. The summed E-state index contributed by atoms with van der Waals surface area (Å²) < 4.78 is 23.7. The molecule has 0 saturated heterocycles. The third-order valence-corrected chi connectivity index (χ3v) is 6.11. The first kappa shape index (κ1) is 21.2. The summed E-state index contributed by atoms with van der Waals surface area (Å²) in [6.45, 7) is 3.55. The van der Waals surface area contributed by atoms with Crippen molar-refractivity contribution in [2.24, 2.45) is 10.2 Å². The molecule has 0 fully saturated rings. The molecule has 0 radical (unpaired) electrons. The van der Waals surface area contributed by atoms with Crippen molar-refractivity contribution < 1.29 is 13.3 Å². The van der Waals surface area contributed by atoms with Crippen LogP contribution in [0.4, 0.5) is 11.4 Å². The molecule has 144 valence electrons. The second-order valence-electron chi connectivity index (χ2n) is 5.47. The van der Waals surface area contributed by atoms with Gasteiger partial charge in [-0.15, -0.1) is 0 Å². The molecule has 27 heavy (non-hydrogen) atoms. The zero-order chi connectivity index (χ0) is 20.2. The zero-order valence-corrected chi connectivity index (χ0v) is 16.9. The summed E-state index contributed by atoms with van der Waals surface area (Å²) in [6, 6.07) is 8.73. The van der Waals surface area contributed by atoms with Crippen molar-refractivity contribution in [3.8, 4) is 0 Å². The molecule has 11 heteroatoms. The molecule has 0 unspecified atom stereocenters. The number of hydrogen-bond donors (Lipinski definition) is 2. The maximum absolute atomic E-state index is 11.9. The Bertz CT molecular complexity index is 992. The summed E-state index contributed by atoms with van der Waals surface area (Å²) in [5.74, 6) is 0. The number of hydrazone groups is 1. The number of sulfonamides is 1. The maximum Gasteiger partial charge on any atom is 0.269 e. The molecule has 2 aromatic rings. The number of rotatable bonds is 6. The number of anilines is 1. The fraction of sp³-hybridized carbons (Fsp3) is 0.188. The molecule has 0 aromatic heterocycles. The first-order valence-electron chi connectivity index (χ1n) is 7.69. The van der Waals surface area contributed by atoms with Gasteiger partial charge in [0.2, 0.25) is 10.0 Å². The summed E-state index contributed by atoms with van der Waals surface area (Å²) in [7, 11) is -3.93. The van der Waals surface area contributed by atoms with Gasteiger partial charge in [-0.25, -0.2) is 13.6 Å². The van der Waals surface area contributed by atoms with Gasteiger partial charge in [-0.1, -0.05) is 30.3 Å². The lowest BCUT2D eigenvalue weighted by molar-refractivity contribution is -0.384. The SMILES string of the molecule is CC/C(=N/Nc1ccc([N+](=O)[O-])cc1)Sc1cc(Cl)c(C)cc1S(N)(=O)=O. The number of hydrogen-bond acceptors (Lipinski definition) is 7. The molecule has 0 aliphatic heterocycles. The number of halogens is 1. The van der Waals surface area contributed by atoms with Gasteiger partial charge in [0.15, 0.2) is 0 Å².